The van der Waals surface area contributed by atoms with Gasteiger partial charge < -0.3 is 14.9 Å². The van der Waals surface area contributed by atoms with E-state index in [9.17, 15) is 14.7 Å². The van der Waals surface area contributed by atoms with Crippen molar-refractivity contribution in [3.8, 4) is 11.5 Å². The monoisotopic (exact) mass is 272 g/mol. The van der Waals surface area contributed by atoms with E-state index in [1.807, 2.05) is 30.3 Å². The number of benzene rings is 2. The molecule has 0 saturated carbocycles. The number of phenolic OH excluding ortho intramolecular Hbond substituents is 1. The Bertz CT molecular complexity index is 634. The second kappa shape index (κ2) is 5.88. The summed E-state index contributed by atoms with van der Waals surface area (Å²) in [5.74, 6) is -2.68. The SMILES string of the molecule is O=C(O)C(=O)c1ccc(O)c(OCc2ccccc2)c1. The van der Waals surface area contributed by atoms with Crippen LogP contribution in [0.1, 0.15) is 15.9 Å². The molecule has 5 nitrogen and oxygen atoms in total. The highest BCUT2D eigenvalue weighted by Gasteiger charge is 2.16. The van der Waals surface area contributed by atoms with Gasteiger partial charge in [0.1, 0.15) is 6.61 Å². The lowest BCUT2D eigenvalue weighted by Crippen LogP contribution is -2.12. The number of carbonyl (C=O) groups excluding carboxylic acids is 1. The van der Waals surface area contributed by atoms with Crippen LogP contribution in [0.2, 0.25) is 0 Å². The average Bonchev–Trinajstić information content (AvgIpc) is 2.46. The maximum Gasteiger partial charge on any atom is 0.377 e. The molecule has 102 valence electrons. The Balaban J connectivity index is 2.17. The molecule has 0 radical (unpaired) electrons. The summed E-state index contributed by atoms with van der Waals surface area (Å²) in [5.41, 5.74) is 0.847. The summed E-state index contributed by atoms with van der Waals surface area (Å²) in [5, 5.41) is 18.3. The number of carboxylic acids is 1. The number of aromatic hydroxyl groups is 1. The topological polar surface area (TPSA) is 83.8 Å². The van der Waals surface area contributed by atoms with Gasteiger partial charge in [-0.2, -0.15) is 0 Å². The molecule has 0 unspecified atom stereocenters. The molecule has 0 aliphatic heterocycles. The lowest BCUT2D eigenvalue weighted by Gasteiger charge is -2.09. The molecule has 2 N–H and O–H groups in total. The number of aliphatic carboxylic acids is 1. The highest BCUT2D eigenvalue weighted by Crippen LogP contribution is 2.27. The molecular weight excluding hydrogens is 260 g/mol. The van der Waals surface area contributed by atoms with Gasteiger partial charge in [-0.3, -0.25) is 4.79 Å². The van der Waals surface area contributed by atoms with Gasteiger partial charge in [-0.05, 0) is 23.8 Å². The van der Waals surface area contributed by atoms with E-state index in [1.54, 1.807) is 0 Å². The zero-order valence-electron chi connectivity index (χ0n) is 10.4. The molecule has 0 atom stereocenters. The van der Waals surface area contributed by atoms with Crippen molar-refractivity contribution < 1.29 is 24.5 Å². The molecule has 0 fully saturated rings. The van der Waals surface area contributed by atoms with Crippen LogP contribution in [0.25, 0.3) is 0 Å². The Hall–Kier alpha value is -2.82. The fraction of sp³-hybridized carbons (Fsp3) is 0.0667. The van der Waals surface area contributed by atoms with Gasteiger partial charge in [-0.15, -0.1) is 0 Å². The van der Waals surface area contributed by atoms with Crippen molar-refractivity contribution >= 4 is 11.8 Å². The average molecular weight is 272 g/mol. The zero-order chi connectivity index (χ0) is 14.5. The summed E-state index contributed by atoms with van der Waals surface area (Å²) in [6, 6.07) is 13.0. The van der Waals surface area contributed by atoms with Gasteiger partial charge in [0.25, 0.3) is 5.78 Å². The maximum absolute atomic E-state index is 11.3. The zero-order valence-corrected chi connectivity index (χ0v) is 10.4. The van der Waals surface area contributed by atoms with Gasteiger partial charge in [-0.1, -0.05) is 30.3 Å². The van der Waals surface area contributed by atoms with Crippen molar-refractivity contribution in [1.29, 1.82) is 0 Å². The molecule has 2 aromatic carbocycles. The smallest absolute Gasteiger partial charge is 0.377 e. The quantitative estimate of drug-likeness (QED) is 0.644. The number of carboxylic acid groups (broad SMARTS) is 1. The van der Waals surface area contributed by atoms with Crippen molar-refractivity contribution in [2.24, 2.45) is 0 Å². The second-order valence-corrected chi connectivity index (χ2v) is 4.09. The number of hydrogen-bond donors (Lipinski definition) is 2. The van der Waals surface area contributed by atoms with Crippen LogP contribution in [-0.2, 0) is 11.4 Å². The largest absolute Gasteiger partial charge is 0.504 e. The van der Waals surface area contributed by atoms with Gasteiger partial charge in [0, 0.05) is 5.56 Å². The van der Waals surface area contributed by atoms with Crippen LogP contribution in [0.3, 0.4) is 0 Å². The predicted molar refractivity (Wildman–Crippen MR) is 70.8 cm³/mol. The first-order chi connectivity index (χ1) is 9.58. The summed E-state index contributed by atoms with van der Waals surface area (Å²) in [7, 11) is 0. The van der Waals surface area contributed by atoms with Crippen molar-refractivity contribution in [2.45, 2.75) is 6.61 Å². The van der Waals surface area contributed by atoms with Crippen molar-refractivity contribution in [2.75, 3.05) is 0 Å². The maximum atomic E-state index is 11.3. The van der Waals surface area contributed by atoms with E-state index >= 15 is 0 Å². The second-order valence-electron chi connectivity index (χ2n) is 4.09. The van der Waals surface area contributed by atoms with Crippen molar-refractivity contribution in [3.63, 3.8) is 0 Å². The van der Waals surface area contributed by atoms with Gasteiger partial charge >= 0.3 is 5.97 Å². The normalized spacial score (nSPS) is 10.0. The molecule has 0 heterocycles. The van der Waals surface area contributed by atoms with E-state index in [0.29, 0.717) is 0 Å². The molecule has 0 aromatic heterocycles. The highest BCUT2D eigenvalue weighted by atomic mass is 16.5. The Kier molecular flexibility index (Phi) is 4.00. The summed E-state index contributed by atoms with van der Waals surface area (Å²) in [6.45, 7) is 0.207. The van der Waals surface area contributed by atoms with Crippen molar-refractivity contribution in [1.82, 2.24) is 0 Å². The minimum atomic E-state index is -1.55. The minimum Gasteiger partial charge on any atom is -0.504 e. The van der Waals surface area contributed by atoms with E-state index in [0.717, 1.165) is 5.56 Å². The molecule has 20 heavy (non-hydrogen) atoms. The predicted octanol–water partition coefficient (Wildman–Crippen LogP) is 2.24. The van der Waals surface area contributed by atoms with Crippen LogP contribution in [0.5, 0.6) is 11.5 Å². The number of ether oxygens (including phenoxy) is 1. The first-order valence-electron chi connectivity index (χ1n) is 5.85. The lowest BCUT2D eigenvalue weighted by atomic mass is 10.1. The Morgan fingerprint density at radius 1 is 1.05 bits per heavy atom. The van der Waals surface area contributed by atoms with E-state index in [4.69, 9.17) is 9.84 Å². The third kappa shape index (κ3) is 3.14. The number of ketones is 1. The number of carbonyl (C=O) groups is 2. The third-order valence-corrected chi connectivity index (χ3v) is 2.65. The van der Waals surface area contributed by atoms with Crippen LogP contribution in [-0.4, -0.2) is 22.0 Å². The summed E-state index contributed by atoms with van der Waals surface area (Å²) < 4.78 is 5.40. The molecule has 2 rings (SSSR count). The number of Topliss-reactive ketones (excluding diaryl/α,β-unsaturated/α-hetero) is 1. The fourth-order valence-corrected chi connectivity index (χ4v) is 1.63. The number of phenols is 1. The Morgan fingerprint density at radius 3 is 2.40 bits per heavy atom. The van der Waals surface area contributed by atoms with Crippen molar-refractivity contribution in [3.05, 3.63) is 59.7 Å². The molecule has 2 aromatic rings. The van der Waals surface area contributed by atoms with E-state index in [-0.39, 0.29) is 23.7 Å². The first-order valence-corrected chi connectivity index (χ1v) is 5.85. The van der Waals surface area contributed by atoms with Crippen LogP contribution in [0, 0.1) is 0 Å². The molecular formula is C15H12O5. The van der Waals surface area contributed by atoms with Gasteiger partial charge in [0.15, 0.2) is 11.5 Å². The molecule has 0 aliphatic carbocycles. The van der Waals surface area contributed by atoms with Gasteiger partial charge in [0.2, 0.25) is 0 Å². The lowest BCUT2D eigenvalue weighted by molar-refractivity contribution is -0.131. The molecule has 0 aliphatic rings. The van der Waals surface area contributed by atoms with Crippen LogP contribution >= 0.6 is 0 Å². The van der Waals surface area contributed by atoms with Crippen LogP contribution in [0.4, 0.5) is 0 Å². The Morgan fingerprint density at radius 2 is 1.75 bits per heavy atom. The molecule has 0 spiro atoms. The molecule has 0 amide bonds. The number of hydrogen-bond acceptors (Lipinski definition) is 4. The molecule has 0 saturated heterocycles. The summed E-state index contributed by atoms with van der Waals surface area (Å²) >= 11 is 0. The minimum absolute atomic E-state index is 0.0432. The summed E-state index contributed by atoms with van der Waals surface area (Å²) in [6.07, 6.45) is 0. The number of rotatable bonds is 5. The molecule has 5 heteroatoms. The van der Waals surface area contributed by atoms with Gasteiger partial charge in [-0.25, -0.2) is 4.79 Å². The van der Waals surface area contributed by atoms with E-state index < -0.39 is 11.8 Å². The fourth-order valence-electron chi connectivity index (χ4n) is 1.63. The standard InChI is InChI=1S/C15H12O5/c16-12-7-6-11(14(17)15(18)19)8-13(12)20-9-10-4-2-1-3-5-10/h1-8,16H,9H2,(H,18,19). The highest BCUT2D eigenvalue weighted by molar-refractivity contribution is 6.39. The first kappa shape index (κ1) is 13.6. The molecule has 0 bridgehead atoms. The Labute approximate surface area is 115 Å². The van der Waals surface area contributed by atoms with E-state index in [2.05, 4.69) is 0 Å². The summed E-state index contributed by atoms with van der Waals surface area (Å²) in [4.78, 5) is 22.0. The van der Waals surface area contributed by atoms with Crippen LogP contribution < -0.4 is 4.74 Å². The van der Waals surface area contributed by atoms with Gasteiger partial charge in [0.05, 0.1) is 0 Å². The third-order valence-electron chi connectivity index (χ3n) is 2.65. The van der Waals surface area contributed by atoms with E-state index in [1.165, 1.54) is 18.2 Å². The van der Waals surface area contributed by atoms with Crippen LogP contribution in [0.15, 0.2) is 48.5 Å².